The molecule has 0 radical (unpaired) electrons. The lowest BCUT2D eigenvalue weighted by atomic mass is 9.99. The molecule has 61 heavy (non-hydrogen) atoms. The Morgan fingerprint density at radius 1 is 0.623 bits per heavy atom. The van der Waals surface area contributed by atoms with Crippen LogP contribution in [0.25, 0.3) is 0 Å². The van der Waals surface area contributed by atoms with Gasteiger partial charge >= 0.3 is 16.4 Å². The first-order valence-corrected chi connectivity index (χ1v) is 25.3. The SMILES string of the molecule is CCCCC/C=C\C/C=C\CCCCCCCC(=O)OC(COCCCCCCCCCC/C=C\C/C=C\CCCCCC)COC1OC(CO)C(O)C(OS(=O)(=O)O)C1O. The van der Waals surface area contributed by atoms with Gasteiger partial charge in [0, 0.05) is 13.0 Å². The number of hydrogen-bond acceptors (Lipinski definition) is 11. The highest BCUT2D eigenvalue weighted by Crippen LogP contribution is 2.26. The van der Waals surface area contributed by atoms with Crippen molar-refractivity contribution in [1.82, 2.24) is 0 Å². The van der Waals surface area contributed by atoms with Crippen molar-refractivity contribution in [2.75, 3.05) is 26.4 Å². The van der Waals surface area contributed by atoms with E-state index in [9.17, 15) is 28.5 Å². The van der Waals surface area contributed by atoms with E-state index in [0.717, 1.165) is 77.0 Å². The number of carbonyl (C=O) groups is 1. The van der Waals surface area contributed by atoms with Crippen LogP contribution in [0.5, 0.6) is 0 Å². The molecule has 0 aliphatic carbocycles. The lowest BCUT2D eigenvalue weighted by molar-refractivity contribution is -0.301. The van der Waals surface area contributed by atoms with Gasteiger partial charge in [0.1, 0.15) is 30.5 Å². The molecule has 1 aliphatic heterocycles. The van der Waals surface area contributed by atoms with Crippen LogP contribution in [0.1, 0.15) is 187 Å². The Bertz CT molecular complexity index is 1250. The van der Waals surface area contributed by atoms with E-state index in [0.29, 0.717) is 13.0 Å². The van der Waals surface area contributed by atoms with Gasteiger partial charge in [-0.15, -0.1) is 0 Å². The van der Waals surface area contributed by atoms with Crippen molar-refractivity contribution in [3.8, 4) is 0 Å². The monoisotopic (exact) mass is 887 g/mol. The Kier molecular flexibility index (Phi) is 37.1. The standard InChI is InChI=1S/C48H86O12S/c1-3-5-7-9-11-13-15-17-19-20-21-22-24-26-28-30-32-34-36-38-56-40-42(41-57-48-46(52)47(60-61(53,54)55)45(51)43(39-49)59-48)58-44(50)37-35-33-31-29-27-25-23-18-16-14-12-10-8-6-4-2/h12-15,18-20,23,42-43,45-49,51-52H,3-11,16-17,21-22,24-41H2,1-2H3,(H,53,54,55)/b14-12-,15-13-,20-19-,23-18-. The number of carbonyl (C=O) groups excluding carboxylic acids is 1. The number of esters is 1. The average molecular weight is 887 g/mol. The predicted octanol–water partition coefficient (Wildman–Crippen LogP) is 10.4. The molecule has 6 atom stereocenters. The van der Waals surface area contributed by atoms with E-state index in [-0.39, 0.29) is 19.6 Å². The van der Waals surface area contributed by atoms with E-state index in [4.69, 9.17) is 23.5 Å². The third-order valence-corrected chi connectivity index (χ3v) is 11.1. The van der Waals surface area contributed by atoms with E-state index in [1.807, 2.05) is 0 Å². The van der Waals surface area contributed by atoms with Crippen molar-refractivity contribution in [1.29, 1.82) is 0 Å². The molecule has 6 unspecified atom stereocenters. The predicted molar refractivity (Wildman–Crippen MR) is 243 cm³/mol. The van der Waals surface area contributed by atoms with E-state index in [1.165, 1.54) is 83.5 Å². The van der Waals surface area contributed by atoms with Gasteiger partial charge in [-0.3, -0.25) is 9.35 Å². The Labute approximate surface area is 370 Å². The Morgan fingerprint density at radius 3 is 1.59 bits per heavy atom. The molecule has 1 heterocycles. The van der Waals surface area contributed by atoms with Gasteiger partial charge in [-0.25, -0.2) is 4.18 Å². The quantitative estimate of drug-likeness (QED) is 0.0198. The van der Waals surface area contributed by atoms with Crippen LogP contribution >= 0.6 is 0 Å². The summed E-state index contributed by atoms with van der Waals surface area (Å²) < 4.78 is 59.1. The molecular formula is C48H86O12S. The largest absolute Gasteiger partial charge is 0.457 e. The van der Waals surface area contributed by atoms with Crippen LogP contribution in [0.15, 0.2) is 48.6 Å². The molecule has 0 bridgehead atoms. The summed E-state index contributed by atoms with van der Waals surface area (Å²) in [6.45, 7) is 3.92. The maximum Gasteiger partial charge on any atom is 0.397 e. The highest BCUT2D eigenvalue weighted by atomic mass is 32.3. The second-order valence-electron chi connectivity index (χ2n) is 16.3. The smallest absolute Gasteiger partial charge is 0.397 e. The average Bonchev–Trinajstić information content (AvgIpc) is 3.23. The van der Waals surface area contributed by atoms with E-state index >= 15 is 0 Å². The first-order valence-electron chi connectivity index (χ1n) is 23.9. The molecule has 12 nitrogen and oxygen atoms in total. The third kappa shape index (κ3) is 33.3. The highest BCUT2D eigenvalue weighted by Gasteiger charge is 2.48. The highest BCUT2D eigenvalue weighted by molar-refractivity contribution is 7.80. The van der Waals surface area contributed by atoms with Crippen molar-refractivity contribution in [2.45, 2.75) is 224 Å². The fourth-order valence-corrected chi connectivity index (χ4v) is 7.53. The van der Waals surface area contributed by atoms with Crippen LogP contribution in [-0.4, -0.2) is 97.5 Å². The minimum atomic E-state index is -5.07. The number of hydrogen-bond donors (Lipinski definition) is 4. The van der Waals surface area contributed by atoms with Gasteiger partial charge in [-0.05, 0) is 77.0 Å². The molecular weight excluding hydrogens is 801 g/mol. The van der Waals surface area contributed by atoms with Crippen LogP contribution < -0.4 is 0 Å². The van der Waals surface area contributed by atoms with Gasteiger partial charge in [0.25, 0.3) is 0 Å². The van der Waals surface area contributed by atoms with Crippen LogP contribution in [-0.2, 0) is 38.3 Å². The Hall–Kier alpha value is -1.94. The van der Waals surface area contributed by atoms with Gasteiger partial charge in [-0.2, -0.15) is 8.42 Å². The Morgan fingerprint density at radius 2 is 1.08 bits per heavy atom. The fourth-order valence-electron chi connectivity index (χ4n) is 7.03. The summed E-state index contributed by atoms with van der Waals surface area (Å²) in [5, 5.41) is 30.7. The van der Waals surface area contributed by atoms with Gasteiger partial charge in [0.05, 0.1) is 19.8 Å². The van der Waals surface area contributed by atoms with E-state index < -0.39 is 59.8 Å². The first-order chi connectivity index (χ1) is 29.6. The number of aliphatic hydroxyl groups is 3. The van der Waals surface area contributed by atoms with Crippen molar-refractivity contribution >= 4 is 16.4 Å². The van der Waals surface area contributed by atoms with Gasteiger partial charge < -0.3 is 34.3 Å². The number of unbranched alkanes of at least 4 members (excludes halogenated alkanes) is 20. The molecule has 1 aliphatic rings. The van der Waals surface area contributed by atoms with Crippen molar-refractivity contribution < 1.29 is 56.2 Å². The molecule has 0 aromatic rings. The molecule has 0 amide bonds. The van der Waals surface area contributed by atoms with Crippen LogP contribution in [0.4, 0.5) is 0 Å². The molecule has 1 rings (SSSR count). The number of ether oxygens (including phenoxy) is 4. The zero-order chi connectivity index (χ0) is 44.7. The van der Waals surface area contributed by atoms with Crippen LogP contribution in [0.3, 0.4) is 0 Å². The third-order valence-electron chi connectivity index (χ3n) is 10.7. The maximum atomic E-state index is 12.9. The van der Waals surface area contributed by atoms with Crippen molar-refractivity contribution in [3.63, 3.8) is 0 Å². The maximum absolute atomic E-state index is 12.9. The van der Waals surface area contributed by atoms with Gasteiger partial charge in [0.15, 0.2) is 6.29 Å². The summed E-state index contributed by atoms with van der Waals surface area (Å²) in [5.74, 6) is -0.416. The summed E-state index contributed by atoms with van der Waals surface area (Å²) in [6, 6.07) is 0. The van der Waals surface area contributed by atoms with Crippen LogP contribution in [0.2, 0.25) is 0 Å². The minimum absolute atomic E-state index is 0.0253. The molecule has 0 aromatic heterocycles. The molecule has 13 heteroatoms. The van der Waals surface area contributed by atoms with Crippen molar-refractivity contribution in [3.05, 3.63) is 48.6 Å². The second kappa shape index (κ2) is 39.6. The molecule has 356 valence electrons. The molecule has 1 saturated heterocycles. The second-order valence-corrected chi connectivity index (χ2v) is 17.4. The van der Waals surface area contributed by atoms with Gasteiger partial charge in [0.2, 0.25) is 0 Å². The lowest BCUT2D eigenvalue weighted by Crippen LogP contribution is -2.60. The molecule has 0 spiro atoms. The molecule has 1 fully saturated rings. The Balaban J connectivity index is 2.41. The summed E-state index contributed by atoms with van der Waals surface area (Å²) in [6.07, 6.45) is 38.5. The topological polar surface area (TPSA) is 178 Å². The van der Waals surface area contributed by atoms with E-state index in [1.54, 1.807) is 0 Å². The number of allylic oxidation sites excluding steroid dienone is 8. The normalized spacial score (nSPS) is 20.5. The summed E-state index contributed by atoms with van der Waals surface area (Å²) in [7, 11) is -5.07. The summed E-state index contributed by atoms with van der Waals surface area (Å²) >= 11 is 0. The van der Waals surface area contributed by atoms with E-state index in [2.05, 4.69) is 66.6 Å². The fraction of sp³-hybridized carbons (Fsp3) is 0.812. The van der Waals surface area contributed by atoms with Crippen LogP contribution in [0, 0.1) is 0 Å². The minimum Gasteiger partial charge on any atom is -0.457 e. The van der Waals surface area contributed by atoms with Crippen molar-refractivity contribution in [2.24, 2.45) is 0 Å². The molecule has 0 saturated carbocycles. The summed E-state index contributed by atoms with van der Waals surface area (Å²) in [5.41, 5.74) is 0. The zero-order valence-electron chi connectivity index (χ0n) is 38.0. The lowest BCUT2D eigenvalue weighted by Gasteiger charge is -2.41. The first kappa shape index (κ1) is 57.1. The number of rotatable bonds is 41. The number of aliphatic hydroxyl groups excluding tert-OH is 3. The molecule has 4 N–H and O–H groups in total. The zero-order valence-corrected chi connectivity index (χ0v) is 38.8. The summed E-state index contributed by atoms with van der Waals surface area (Å²) in [4.78, 5) is 12.9. The van der Waals surface area contributed by atoms with Gasteiger partial charge in [-0.1, -0.05) is 152 Å². The molecule has 0 aromatic carbocycles.